The summed E-state index contributed by atoms with van der Waals surface area (Å²) in [6, 6.07) is 8.66. The number of allylic oxidation sites excluding steroid dienone is 3. The maximum atomic E-state index is 15.4. The van der Waals surface area contributed by atoms with Crippen LogP contribution in [0.4, 0.5) is 4.39 Å². The molecule has 1 aromatic carbocycles. The summed E-state index contributed by atoms with van der Waals surface area (Å²) in [5, 5.41) is 1.05. The summed E-state index contributed by atoms with van der Waals surface area (Å²) in [7, 11) is -2.05. The van der Waals surface area contributed by atoms with E-state index in [9.17, 15) is 4.79 Å². The van der Waals surface area contributed by atoms with Gasteiger partial charge >= 0.3 is 5.97 Å². The molecule has 6 heteroatoms. The van der Waals surface area contributed by atoms with Gasteiger partial charge in [0.15, 0.2) is 8.32 Å². The zero-order valence-electron chi connectivity index (χ0n) is 23.5. The van der Waals surface area contributed by atoms with E-state index in [2.05, 4.69) is 98.4 Å². The van der Waals surface area contributed by atoms with Gasteiger partial charge in [-0.1, -0.05) is 85.3 Å². The van der Waals surface area contributed by atoms with Crippen LogP contribution in [0.1, 0.15) is 64.5 Å². The second kappa shape index (κ2) is 13.2. The summed E-state index contributed by atoms with van der Waals surface area (Å²) in [4.78, 5) is 11.8. The van der Waals surface area contributed by atoms with Crippen molar-refractivity contribution >= 4 is 30.2 Å². The number of ether oxygens (including phenoxy) is 1. The van der Waals surface area contributed by atoms with Crippen molar-refractivity contribution in [1.29, 1.82) is 0 Å². The van der Waals surface area contributed by atoms with Gasteiger partial charge in [0.1, 0.15) is 12.3 Å². The van der Waals surface area contributed by atoms with Crippen molar-refractivity contribution in [3.63, 3.8) is 0 Å². The van der Waals surface area contributed by atoms with E-state index in [-0.39, 0.29) is 35.4 Å². The van der Waals surface area contributed by atoms with Crippen molar-refractivity contribution in [2.24, 2.45) is 17.8 Å². The van der Waals surface area contributed by atoms with Gasteiger partial charge in [-0.3, -0.25) is 4.79 Å². The first-order chi connectivity index (χ1) is 17.4. The van der Waals surface area contributed by atoms with Gasteiger partial charge in [0, 0.05) is 30.5 Å². The molecular weight excluding hydrogens is 547 g/mol. The van der Waals surface area contributed by atoms with E-state index >= 15 is 4.39 Å². The molecule has 1 fully saturated rings. The maximum Gasteiger partial charge on any atom is 0.302 e. The quantitative estimate of drug-likeness (QED) is 0.0850. The van der Waals surface area contributed by atoms with Gasteiger partial charge < -0.3 is 9.16 Å². The zero-order chi connectivity index (χ0) is 27.2. The summed E-state index contributed by atoms with van der Waals surface area (Å²) in [5.74, 6) is -0.351. The average Bonchev–Trinajstić information content (AvgIpc) is 3.36. The van der Waals surface area contributed by atoms with Crippen LogP contribution >= 0.6 is 15.9 Å². The van der Waals surface area contributed by atoms with E-state index in [4.69, 9.17) is 9.16 Å². The molecule has 0 aliphatic heterocycles. The van der Waals surface area contributed by atoms with Gasteiger partial charge in [-0.15, -0.1) is 0 Å². The molecule has 0 N–H and O–H groups in total. The number of unbranched alkanes of at least 4 members (excludes halogenated alkanes) is 1. The Labute approximate surface area is 233 Å². The van der Waals surface area contributed by atoms with Crippen LogP contribution in [0.2, 0.25) is 18.1 Å². The zero-order valence-corrected chi connectivity index (χ0v) is 26.1. The molecule has 5 atom stereocenters. The molecule has 3 nitrogen and oxygen atoms in total. The molecule has 3 rings (SSSR count). The Hall–Kier alpha value is -1.24. The summed E-state index contributed by atoms with van der Waals surface area (Å²) < 4.78 is 28.0. The number of benzene rings is 1. The minimum absolute atomic E-state index is 0.0651. The molecule has 0 aromatic heterocycles. The van der Waals surface area contributed by atoms with Crippen LogP contribution in [0.15, 0.2) is 48.6 Å². The Bertz CT molecular complexity index is 929. The number of rotatable bonds is 11. The number of hydrogen-bond acceptors (Lipinski definition) is 3. The third-order valence-corrected chi connectivity index (χ3v) is 13.6. The number of carbonyl (C=O) groups is 1. The number of carbonyl (C=O) groups excluding carboxylic acids is 1. The smallest absolute Gasteiger partial charge is 0.302 e. The Morgan fingerprint density at radius 2 is 1.84 bits per heavy atom. The second-order valence-electron chi connectivity index (χ2n) is 12.3. The minimum atomic E-state index is -2.05. The number of fused-ring (bicyclic) bond motifs is 1. The molecular formula is C31H46BrFO3Si. The highest BCUT2D eigenvalue weighted by molar-refractivity contribution is 9.09. The maximum absolute atomic E-state index is 15.4. The van der Waals surface area contributed by atoms with E-state index in [0.717, 1.165) is 31.0 Å². The Morgan fingerprint density at radius 1 is 1.19 bits per heavy atom. The number of esters is 1. The van der Waals surface area contributed by atoms with Gasteiger partial charge in [0.05, 0.1) is 6.10 Å². The van der Waals surface area contributed by atoms with Crippen molar-refractivity contribution in [1.82, 2.24) is 0 Å². The monoisotopic (exact) mass is 592 g/mol. The van der Waals surface area contributed by atoms with Crippen LogP contribution in [0.25, 0.3) is 0 Å². The number of hydrogen-bond donors (Lipinski definition) is 0. The highest BCUT2D eigenvalue weighted by Gasteiger charge is 2.45. The van der Waals surface area contributed by atoms with Crippen LogP contribution in [0.5, 0.6) is 0 Å². The first-order valence-electron chi connectivity index (χ1n) is 13.9. The molecule has 1 aromatic rings. The van der Waals surface area contributed by atoms with Crippen LogP contribution in [-0.4, -0.2) is 38.0 Å². The largest absolute Gasteiger partial charge is 0.462 e. The Morgan fingerprint density at radius 3 is 2.41 bits per heavy atom. The van der Waals surface area contributed by atoms with E-state index in [0.29, 0.717) is 12.3 Å². The lowest BCUT2D eigenvalue weighted by Crippen LogP contribution is -2.45. The summed E-state index contributed by atoms with van der Waals surface area (Å²) in [5.41, 5.74) is 2.80. The fourth-order valence-corrected chi connectivity index (χ4v) is 7.06. The molecule has 0 spiro atoms. The summed E-state index contributed by atoms with van der Waals surface area (Å²) in [6.45, 7) is 12.8. The minimum Gasteiger partial charge on any atom is -0.462 e. The fraction of sp³-hybridized carbons (Fsp3) is 0.645. The van der Waals surface area contributed by atoms with E-state index in [1.807, 2.05) is 0 Å². The van der Waals surface area contributed by atoms with Gasteiger partial charge in [-0.05, 0) is 67.3 Å². The molecule has 0 bridgehead atoms. The van der Waals surface area contributed by atoms with Gasteiger partial charge in [0.25, 0.3) is 0 Å². The molecule has 1 unspecified atom stereocenters. The van der Waals surface area contributed by atoms with Crippen molar-refractivity contribution in [2.75, 3.05) is 5.33 Å². The van der Waals surface area contributed by atoms with Crippen LogP contribution < -0.4 is 0 Å². The third-order valence-electron chi connectivity index (χ3n) is 8.55. The van der Waals surface area contributed by atoms with Crippen LogP contribution in [0.3, 0.4) is 0 Å². The first-order valence-corrected chi connectivity index (χ1v) is 17.9. The number of halogens is 2. The molecule has 0 radical (unpaired) electrons. The van der Waals surface area contributed by atoms with Crippen LogP contribution in [-0.2, 0) is 26.8 Å². The molecule has 0 saturated heterocycles. The Balaban J connectivity index is 1.84. The molecule has 0 amide bonds. The molecule has 0 heterocycles. The lowest BCUT2D eigenvalue weighted by Gasteiger charge is -2.40. The van der Waals surface area contributed by atoms with Gasteiger partial charge in [-0.2, -0.15) is 0 Å². The van der Waals surface area contributed by atoms with E-state index in [1.54, 1.807) is 0 Å². The predicted octanol–water partition coefficient (Wildman–Crippen LogP) is 8.38. The normalized spacial score (nSPS) is 25.7. The van der Waals surface area contributed by atoms with Gasteiger partial charge in [0.2, 0.25) is 0 Å². The topological polar surface area (TPSA) is 35.5 Å². The third kappa shape index (κ3) is 8.12. The lowest BCUT2D eigenvalue weighted by molar-refractivity contribution is -0.148. The molecule has 1 saturated carbocycles. The highest BCUT2D eigenvalue weighted by atomic mass is 79.9. The second-order valence-corrected chi connectivity index (χ2v) is 17.9. The first kappa shape index (κ1) is 30.3. The van der Waals surface area contributed by atoms with Crippen LogP contribution in [0, 0.1) is 17.8 Å². The van der Waals surface area contributed by atoms with Gasteiger partial charge in [-0.25, -0.2) is 4.39 Å². The van der Waals surface area contributed by atoms with Crippen molar-refractivity contribution in [3.05, 3.63) is 59.7 Å². The number of alkyl halides is 2. The predicted molar refractivity (Wildman–Crippen MR) is 157 cm³/mol. The lowest BCUT2D eigenvalue weighted by atomic mass is 9.89. The average molecular weight is 594 g/mol. The van der Waals surface area contributed by atoms with E-state index < -0.39 is 20.6 Å². The standard InChI is InChI=1S/C31H46BrFO3Si/c1-22(34)35-30-21-28(33)26(27(30)15-9-7-8-12-18-32)16-17-29(36-37(5,6)31(2,3)4)25-19-23-13-10-11-14-24(23)20-25/h7,9-11,13-14,16-17,25-30H,8,12,15,18-21H2,1-6H3/t26-,27-,28+,29?,30+/m1/s1. The van der Waals surface area contributed by atoms with Crippen molar-refractivity contribution in [2.45, 2.75) is 103 Å². The van der Waals surface area contributed by atoms with E-state index in [1.165, 1.54) is 18.1 Å². The summed E-state index contributed by atoms with van der Waals surface area (Å²) in [6.07, 6.45) is 12.0. The molecule has 2 aliphatic rings. The highest BCUT2D eigenvalue weighted by Crippen LogP contribution is 2.42. The fourth-order valence-electron chi connectivity index (χ4n) is 5.43. The van der Waals surface area contributed by atoms with Crippen molar-refractivity contribution in [3.8, 4) is 0 Å². The molecule has 37 heavy (non-hydrogen) atoms. The summed E-state index contributed by atoms with van der Waals surface area (Å²) >= 11 is 3.47. The molecule has 2 aliphatic carbocycles. The SMILES string of the molecule is CC(=O)O[C@H]1C[C@H](F)[C@H](C=CC(O[Si](C)(C)C(C)(C)C)C2Cc3ccccc3C2)[C@H]1CC=CCCCBr. The van der Waals surface area contributed by atoms with Crippen molar-refractivity contribution < 1.29 is 18.3 Å². The molecule has 206 valence electrons. The Kier molecular flexibility index (Phi) is 10.8.